The number of thiophene rings is 1. The molecule has 0 bridgehead atoms. The lowest BCUT2D eigenvalue weighted by atomic mass is 10.3. The molecule has 2 amide bonds. The van der Waals surface area contributed by atoms with Gasteiger partial charge < -0.3 is 4.57 Å². The van der Waals surface area contributed by atoms with Crippen LogP contribution in [0.15, 0.2) is 41.0 Å². The molecule has 0 aliphatic carbocycles. The average Bonchev–Trinajstić information content (AvgIpc) is 3.28. The molecule has 0 atom stereocenters. The summed E-state index contributed by atoms with van der Waals surface area (Å²) in [7, 11) is 1.75. The highest BCUT2D eigenvalue weighted by molar-refractivity contribution is 7.99. The minimum absolute atomic E-state index is 0.0759. The minimum atomic E-state index is -0.415. The molecule has 3 aromatic heterocycles. The van der Waals surface area contributed by atoms with Crippen molar-refractivity contribution in [2.45, 2.75) is 11.6 Å². The fourth-order valence-electron chi connectivity index (χ4n) is 2.05. The predicted octanol–water partition coefficient (Wildman–Crippen LogP) is 1.84. The number of rotatable bonds is 6. The van der Waals surface area contributed by atoms with Crippen molar-refractivity contribution in [3.05, 3.63) is 52.2 Å². The van der Waals surface area contributed by atoms with E-state index in [0.29, 0.717) is 17.3 Å². The second-order valence-corrected chi connectivity index (χ2v) is 6.97. The maximum Gasteiger partial charge on any atom is 0.274 e. The van der Waals surface area contributed by atoms with Gasteiger partial charge in [0, 0.05) is 24.5 Å². The number of aryl methyl sites for hydroxylation is 1. The van der Waals surface area contributed by atoms with Crippen molar-refractivity contribution < 1.29 is 9.59 Å². The van der Waals surface area contributed by atoms with Crippen molar-refractivity contribution in [3.8, 4) is 0 Å². The molecule has 2 N–H and O–H groups in total. The first kappa shape index (κ1) is 16.5. The van der Waals surface area contributed by atoms with Crippen LogP contribution < -0.4 is 5.32 Å². The van der Waals surface area contributed by atoms with E-state index in [9.17, 15) is 9.59 Å². The van der Waals surface area contributed by atoms with Crippen LogP contribution in [0, 0.1) is 0 Å². The van der Waals surface area contributed by atoms with Gasteiger partial charge in [-0.05, 0) is 23.6 Å². The fraction of sp³-hybridized carbons (Fsp3) is 0.200. The number of aromatic nitrogens is 4. The summed E-state index contributed by atoms with van der Waals surface area (Å²) in [5.74, 6) is 0.0319. The van der Waals surface area contributed by atoms with Gasteiger partial charge >= 0.3 is 0 Å². The minimum Gasteiger partial charge on any atom is -0.347 e. The van der Waals surface area contributed by atoms with E-state index in [4.69, 9.17) is 0 Å². The number of nitrogens with zero attached hydrogens (tertiary/aromatic N) is 3. The summed E-state index contributed by atoms with van der Waals surface area (Å²) in [5.41, 5.74) is 0.435. The van der Waals surface area contributed by atoms with E-state index in [1.807, 2.05) is 17.5 Å². The van der Waals surface area contributed by atoms with Crippen molar-refractivity contribution in [2.24, 2.45) is 7.05 Å². The normalized spacial score (nSPS) is 10.7. The summed E-state index contributed by atoms with van der Waals surface area (Å²) in [6, 6.07) is 7.42. The van der Waals surface area contributed by atoms with Crippen LogP contribution in [0.5, 0.6) is 0 Å². The summed E-state index contributed by atoms with van der Waals surface area (Å²) < 4.78 is 1.65. The van der Waals surface area contributed by atoms with Crippen molar-refractivity contribution in [1.82, 2.24) is 25.1 Å². The second-order valence-electron chi connectivity index (χ2n) is 4.99. The largest absolute Gasteiger partial charge is 0.347 e. The Kier molecular flexibility index (Phi) is 5.11. The lowest BCUT2D eigenvalue weighted by molar-refractivity contribution is -0.117. The van der Waals surface area contributed by atoms with Crippen LogP contribution in [-0.4, -0.2) is 37.3 Å². The predicted molar refractivity (Wildman–Crippen MR) is 92.1 cm³/mol. The zero-order chi connectivity index (χ0) is 16.9. The maximum atomic E-state index is 11.9. The highest BCUT2D eigenvalue weighted by Gasteiger charge is 2.14. The Bertz CT molecular complexity index is 838. The molecule has 0 fully saturated rings. The molecule has 3 heterocycles. The van der Waals surface area contributed by atoms with Crippen LogP contribution in [-0.2, 0) is 18.3 Å². The summed E-state index contributed by atoms with van der Waals surface area (Å²) in [6.45, 7) is 0. The lowest BCUT2D eigenvalue weighted by Gasteiger charge is -2.04. The third-order valence-corrected chi connectivity index (χ3v) is 4.92. The topological polar surface area (TPSA) is 92.7 Å². The molecule has 0 saturated heterocycles. The Hall–Kier alpha value is -2.39. The van der Waals surface area contributed by atoms with Gasteiger partial charge in [0.2, 0.25) is 11.1 Å². The zero-order valence-electron chi connectivity index (χ0n) is 12.9. The van der Waals surface area contributed by atoms with E-state index in [1.165, 1.54) is 16.6 Å². The van der Waals surface area contributed by atoms with E-state index < -0.39 is 5.91 Å². The molecule has 9 heteroatoms. The van der Waals surface area contributed by atoms with Crippen LogP contribution in [0.1, 0.15) is 21.2 Å². The molecule has 7 nitrogen and oxygen atoms in total. The number of aromatic amines is 1. The van der Waals surface area contributed by atoms with Gasteiger partial charge in [-0.25, -0.2) is 4.98 Å². The van der Waals surface area contributed by atoms with E-state index in [2.05, 4.69) is 20.5 Å². The number of hydrogen-bond donors (Lipinski definition) is 2. The number of H-pyrrole nitrogens is 1. The van der Waals surface area contributed by atoms with Gasteiger partial charge in [-0.3, -0.25) is 20.0 Å². The molecule has 0 aliphatic heterocycles. The Labute approximate surface area is 146 Å². The van der Waals surface area contributed by atoms with Crippen LogP contribution >= 0.6 is 23.1 Å². The van der Waals surface area contributed by atoms with Gasteiger partial charge in [-0.2, -0.15) is 0 Å². The Balaban J connectivity index is 1.49. The van der Waals surface area contributed by atoms with Crippen LogP contribution in [0.4, 0.5) is 0 Å². The summed E-state index contributed by atoms with van der Waals surface area (Å²) in [5, 5.41) is 11.8. The lowest BCUT2D eigenvalue weighted by Crippen LogP contribution is -2.32. The first-order valence-corrected chi connectivity index (χ1v) is 9.00. The molecule has 124 valence electrons. The number of nitrogens with one attached hydrogen (secondary N) is 2. The van der Waals surface area contributed by atoms with Crippen molar-refractivity contribution in [3.63, 3.8) is 0 Å². The molecule has 0 unspecified atom stereocenters. The van der Waals surface area contributed by atoms with Gasteiger partial charge in [0.15, 0.2) is 0 Å². The third-order valence-electron chi connectivity index (χ3n) is 3.19. The highest BCUT2D eigenvalue weighted by atomic mass is 32.2. The summed E-state index contributed by atoms with van der Waals surface area (Å²) in [6.07, 6.45) is 2.43. The molecular formula is C15H15N5O2S2. The molecule has 0 radical (unpaired) electrons. The van der Waals surface area contributed by atoms with E-state index >= 15 is 0 Å². The van der Waals surface area contributed by atoms with Gasteiger partial charge in [-0.1, -0.05) is 17.8 Å². The van der Waals surface area contributed by atoms with Crippen molar-refractivity contribution in [1.29, 1.82) is 0 Å². The molecule has 0 aromatic carbocycles. The molecule has 3 rings (SSSR count). The van der Waals surface area contributed by atoms with Crippen LogP contribution in [0.25, 0.3) is 0 Å². The Morgan fingerprint density at radius 3 is 2.96 bits per heavy atom. The molecule has 24 heavy (non-hydrogen) atoms. The fourth-order valence-corrected chi connectivity index (χ4v) is 3.38. The smallest absolute Gasteiger partial charge is 0.274 e. The SMILES string of the molecule is Cn1cccc1C(=O)NC(=O)CSc1n[nH]c(Cc2cccs2)n1. The monoisotopic (exact) mass is 361 g/mol. The van der Waals surface area contributed by atoms with Gasteiger partial charge in [0.1, 0.15) is 11.5 Å². The maximum absolute atomic E-state index is 11.9. The van der Waals surface area contributed by atoms with E-state index in [0.717, 1.165) is 5.82 Å². The number of carbonyl (C=O) groups is 2. The second kappa shape index (κ2) is 7.45. The number of carbonyl (C=O) groups excluding carboxylic acids is 2. The van der Waals surface area contributed by atoms with Crippen LogP contribution in [0.3, 0.4) is 0 Å². The molecule has 0 saturated carbocycles. The van der Waals surface area contributed by atoms with Crippen molar-refractivity contribution >= 4 is 34.9 Å². The van der Waals surface area contributed by atoms with Gasteiger partial charge in [0.25, 0.3) is 5.91 Å². The molecule has 0 aliphatic rings. The number of imide groups is 1. The first-order valence-electron chi connectivity index (χ1n) is 7.14. The number of thioether (sulfide) groups is 1. The van der Waals surface area contributed by atoms with Gasteiger partial charge in [-0.15, -0.1) is 16.4 Å². The summed E-state index contributed by atoms with van der Waals surface area (Å²) in [4.78, 5) is 29.3. The van der Waals surface area contributed by atoms with E-state index in [1.54, 1.807) is 41.3 Å². The van der Waals surface area contributed by atoms with Gasteiger partial charge in [0.05, 0.1) is 5.75 Å². The molecule has 0 spiro atoms. The summed E-state index contributed by atoms with van der Waals surface area (Å²) >= 11 is 2.84. The first-order chi connectivity index (χ1) is 11.6. The Morgan fingerprint density at radius 1 is 1.38 bits per heavy atom. The standard InChI is InChI=1S/C15H15N5O2S2/c1-20-6-2-5-11(20)14(22)17-13(21)9-24-15-16-12(18-19-15)8-10-4-3-7-23-10/h2-7H,8-9H2,1H3,(H,16,18,19)(H,17,21,22). The average molecular weight is 361 g/mol. The molecule has 3 aromatic rings. The highest BCUT2D eigenvalue weighted by Crippen LogP contribution is 2.16. The number of hydrogen-bond acceptors (Lipinski definition) is 6. The molecular weight excluding hydrogens is 346 g/mol. The van der Waals surface area contributed by atoms with Crippen molar-refractivity contribution in [2.75, 3.05) is 5.75 Å². The Morgan fingerprint density at radius 2 is 2.25 bits per heavy atom. The zero-order valence-corrected chi connectivity index (χ0v) is 14.5. The van der Waals surface area contributed by atoms with Crippen LogP contribution in [0.2, 0.25) is 0 Å². The number of amides is 2. The van der Waals surface area contributed by atoms with E-state index in [-0.39, 0.29) is 11.7 Å². The quantitative estimate of drug-likeness (QED) is 0.654. The third kappa shape index (κ3) is 4.12.